The fraction of sp³-hybridized carbons (Fsp3) is 0.278. The molecule has 0 bridgehead atoms. The molecule has 1 N–H and O–H groups in total. The van der Waals surface area contributed by atoms with E-state index in [1.807, 2.05) is 26.0 Å². The van der Waals surface area contributed by atoms with Crippen LogP contribution in [0.25, 0.3) is 0 Å². The molecule has 1 amide bonds. The van der Waals surface area contributed by atoms with Gasteiger partial charge in [0.1, 0.15) is 11.9 Å². The van der Waals surface area contributed by atoms with Crippen molar-refractivity contribution in [1.82, 2.24) is 0 Å². The van der Waals surface area contributed by atoms with Crippen LogP contribution in [0.5, 0.6) is 0 Å². The van der Waals surface area contributed by atoms with E-state index in [-0.39, 0.29) is 5.69 Å². The Bertz CT molecular complexity index is 897. The number of sulfonamides is 1. The maximum Gasteiger partial charge on any atom is 0.248 e. The number of carbonyl (C=O) groups is 1. The second-order valence-electron chi connectivity index (χ2n) is 5.95. The van der Waals surface area contributed by atoms with Gasteiger partial charge in [0.15, 0.2) is 0 Å². The van der Waals surface area contributed by atoms with Crippen LogP contribution in [-0.2, 0) is 14.8 Å². The maximum atomic E-state index is 13.5. The van der Waals surface area contributed by atoms with Crippen molar-refractivity contribution in [3.8, 4) is 0 Å². The lowest BCUT2D eigenvalue weighted by Crippen LogP contribution is -2.45. The number of nitrogens with zero attached hydrogens (tertiary/aromatic N) is 1. The summed E-state index contributed by atoms with van der Waals surface area (Å²) in [7, 11) is -3.78. The normalized spacial score (nSPS) is 12.5. The molecule has 0 saturated carbocycles. The second kappa shape index (κ2) is 7.23. The van der Waals surface area contributed by atoms with E-state index in [0.29, 0.717) is 5.69 Å². The number of anilines is 2. The molecule has 2 aromatic rings. The van der Waals surface area contributed by atoms with Crippen LogP contribution >= 0.6 is 0 Å². The van der Waals surface area contributed by atoms with Gasteiger partial charge in [0.05, 0.1) is 11.9 Å². The minimum Gasteiger partial charge on any atom is -0.324 e. The van der Waals surface area contributed by atoms with Gasteiger partial charge in [-0.1, -0.05) is 18.2 Å². The molecule has 0 aromatic heterocycles. The molecule has 25 heavy (non-hydrogen) atoms. The molecule has 0 unspecified atom stereocenters. The Hall–Kier alpha value is -2.41. The smallest absolute Gasteiger partial charge is 0.248 e. The van der Waals surface area contributed by atoms with Crippen LogP contribution in [0, 0.1) is 19.7 Å². The van der Waals surface area contributed by atoms with Crippen LogP contribution in [0.2, 0.25) is 0 Å². The molecule has 2 rings (SSSR count). The van der Waals surface area contributed by atoms with Gasteiger partial charge in [0.25, 0.3) is 0 Å². The largest absolute Gasteiger partial charge is 0.324 e. The first-order valence-corrected chi connectivity index (χ1v) is 9.58. The van der Waals surface area contributed by atoms with E-state index in [2.05, 4.69) is 5.32 Å². The molecule has 0 radical (unpaired) electrons. The summed E-state index contributed by atoms with van der Waals surface area (Å²) in [6.07, 6.45) is 0.986. The van der Waals surface area contributed by atoms with Crippen LogP contribution in [0.3, 0.4) is 0 Å². The molecule has 5 nitrogen and oxygen atoms in total. The van der Waals surface area contributed by atoms with Crippen LogP contribution in [0.1, 0.15) is 18.1 Å². The summed E-state index contributed by atoms with van der Waals surface area (Å²) in [5, 5.41) is 2.75. The van der Waals surface area contributed by atoms with E-state index < -0.39 is 27.8 Å². The van der Waals surface area contributed by atoms with Crippen molar-refractivity contribution < 1.29 is 17.6 Å². The van der Waals surface area contributed by atoms with Crippen LogP contribution in [-0.4, -0.2) is 26.6 Å². The average Bonchev–Trinajstić information content (AvgIpc) is 2.50. The van der Waals surface area contributed by atoms with Crippen molar-refractivity contribution in [2.45, 2.75) is 26.8 Å². The average molecular weight is 364 g/mol. The van der Waals surface area contributed by atoms with Crippen molar-refractivity contribution in [2.75, 3.05) is 15.9 Å². The van der Waals surface area contributed by atoms with Crippen molar-refractivity contribution in [3.63, 3.8) is 0 Å². The van der Waals surface area contributed by atoms with Gasteiger partial charge in [-0.2, -0.15) is 0 Å². The number of amides is 1. The van der Waals surface area contributed by atoms with Gasteiger partial charge in [0.2, 0.25) is 15.9 Å². The maximum absolute atomic E-state index is 13.5. The Morgan fingerprint density at radius 2 is 1.80 bits per heavy atom. The highest BCUT2D eigenvalue weighted by molar-refractivity contribution is 7.92. The van der Waals surface area contributed by atoms with Gasteiger partial charge >= 0.3 is 0 Å². The van der Waals surface area contributed by atoms with Gasteiger partial charge in [-0.15, -0.1) is 0 Å². The van der Waals surface area contributed by atoms with Crippen molar-refractivity contribution >= 4 is 27.3 Å². The van der Waals surface area contributed by atoms with E-state index in [9.17, 15) is 17.6 Å². The third kappa shape index (κ3) is 4.36. The first kappa shape index (κ1) is 18.9. The number of rotatable bonds is 5. The summed E-state index contributed by atoms with van der Waals surface area (Å²) in [5.74, 6) is -1.07. The second-order valence-corrected chi connectivity index (χ2v) is 7.81. The minimum absolute atomic E-state index is 0.103. The van der Waals surface area contributed by atoms with Gasteiger partial charge in [-0.25, -0.2) is 12.8 Å². The zero-order valence-electron chi connectivity index (χ0n) is 14.6. The first-order chi connectivity index (χ1) is 11.6. The Kier molecular flexibility index (Phi) is 5.47. The molecule has 0 fully saturated rings. The Labute approximate surface area is 147 Å². The van der Waals surface area contributed by atoms with Crippen molar-refractivity contribution in [1.29, 1.82) is 0 Å². The summed E-state index contributed by atoms with van der Waals surface area (Å²) in [4.78, 5) is 12.6. The third-order valence-corrected chi connectivity index (χ3v) is 5.26. The molecule has 134 valence electrons. The highest BCUT2D eigenvalue weighted by Gasteiger charge is 2.29. The number of hydrogen-bond acceptors (Lipinski definition) is 3. The SMILES string of the molecule is Cc1cccc(NC(=O)[C@H](C)N(c2cccc(F)c2)S(C)(=O)=O)c1C. The van der Waals surface area contributed by atoms with Gasteiger partial charge < -0.3 is 5.32 Å². The van der Waals surface area contributed by atoms with Crippen molar-refractivity contribution in [2.24, 2.45) is 0 Å². The Morgan fingerprint density at radius 3 is 2.40 bits per heavy atom. The number of aryl methyl sites for hydroxylation is 1. The minimum atomic E-state index is -3.78. The zero-order chi connectivity index (χ0) is 18.8. The molecular weight excluding hydrogens is 343 g/mol. The summed E-state index contributed by atoms with van der Waals surface area (Å²) in [6, 6.07) is 9.59. The molecule has 0 spiro atoms. The summed E-state index contributed by atoms with van der Waals surface area (Å²) < 4.78 is 38.8. The fourth-order valence-electron chi connectivity index (χ4n) is 2.55. The Balaban J connectivity index is 2.35. The lowest BCUT2D eigenvalue weighted by Gasteiger charge is -2.28. The zero-order valence-corrected chi connectivity index (χ0v) is 15.4. The molecule has 0 aliphatic heterocycles. The van der Waals surface area contributed by atoms with Crippen molar-refractivity contribution in [3.05, 3.63) is 59.4 Å². The van der Waals surface area contributed by atoms with E-state index in [0.717, 1.165) is 27.8 Å². The first-order valence-electron chi connectivity index (χ1n) is 7.73. The number of carbonyl (C=O) groups excluding carboxylic acids is 1. The molecule has 0 aliphatic rings. The predicted molar refractivity (Wildman–Crippen MR) is 97.7 cm³/mol. The van der Waals surface area contributed by atoms with E-state index >= 15 is 0 Å². The molecule has 0 heterocycles. The van der Waals surface area contributed by atoms with E-state index in [1.165, 1.54) is 25.1 Å². The summed E-state index contributed by atoms with van der Waals surface area (Å²) in [5.41, 5.74) is 2.63. The van der Waals surface area contributed by atoms with Crippen LogP contribution < -0.4 is 9.62 Å². The molecule has 2 aromatic carbocycles. The number of hydrogen-bond donors (Lipinski definition) is 1. The Morgan fingerprint density at radius 1 is 1.16 bits per heavy atom. The number of nitrogens with one attached hydrogen (secondary N) is 1. The molecule has 7 heteroatoms. The highest BCUT2D eigenvalue weighted by Crippen LogP contribution is 2.23. The third-order valence-electron chi connectivity index (χ3n) is 4.01. The highest BCUT2D eigenvalue weighted by atomic mass is 32.2. The quantitative estimate of drug-likeness (QED) is 0.886. The van der Waals surface area contributed by atoms with E-state index in [4.69, 9.17) is 0 Å². The molecule has 0 aliphatic carbocycles. The summed E-state index contributed by atoms with van der Waals surface area (Å²) in [6.45, 7) is 5.26. The fourth-order valence-corrected chi connectivity index (χ4v) is 3.71. The topological polar surface area (TPSA) is 66.5 Å². The van der Waals surface area contributed by atoms with Gasteiger partial charge in [-0.3, -0.25) is 9.10 Å². The molecular formula is C18H21FN2O3S. The van der Waals surface area contributed by atoms with Crippen LogP contribution in [0.15, 0.2) is 42.5 Å². The molecule has 0 saturated heterocycles. The monoisotopic (exact) mass is 364 g/mol. The lowest BCUT2D eigenvalue weighted by atomic mass is 10.1. The van der Waals surface area contributed by atoms with Crippen LogP contribution in [0.4, 0.5) is 15.8 Å². The van der Waals surface area contributed by atoms with Gasteiger partial charge in [0, 0.05) is 5.69 Å². The number of benzene rings is 2. The standard InChI is InChI=1S/C18H21FN2O3S/c1-12-7-5-10-17(13(12)2)20-18(22)14(3)21(25(4,23)24)16-9-6-8-15(19)11-16/h5-11,14H,1-4H3,(H,20,22)/t14-/m0/s1. The number of halogens is 1. The predicted octanol–water partition coefficient (Wildman–Crippen LogP) is 3.24. The lowest BCUT2D eigenvalue weighted by molar-refractivity contribution is -0.116. The van der Waals surface area contributed by atoms with E-state index in [1.54, 1.807) is 6.07 Å². The molecule has 1 atom stereocenters. The van der Waals surface area contributed by atoms with Gasteiger partial charge in [-0.05, 0) is 56.2 Å². The summed E-state index contributed by atoms with van der Waals surface area (Å²) >= 11 is 0.